The van der Waals surface area contributed by atoms with Gasteiger partial charge in [0.2, 0.25) is 0 Å². The van der Waals surface area contributed by atoms with Crippen LogP contribution in [-0.4, -0.2) is 46.0 Å². The zero-order valence-corrected chi connectivity index (χ0v) is 20.4. The molecule has 10 heteroatoms. The molecule has 188 valence electrons. The molecule has 1 aliphatic heterocycles. The number of hydrogen-bond acceptors (Lipinski definition) is 7. The van der Waals surface area contributed by atoms with E-state index in [2.05, 4.69) is 20.9 Å². The zero-order valence-electron chi connectivity index (χ0n) is 20.4. The van der Waals surface area contributed by atoms with Crippen LogP contribution < -0.4 is 15.8 Å². The summed E-state index contributed by atoms with van der Waals surface area (Å²) >= 11 is 0. The minimum Gasteiger partial charge on any atom is -0.505 e. The van der Waals surface area contributed by atoms with Crippen LogP contribution in [0.3, 0.4) is 0 Å². The van der Waals surface area contributed by atoms with Gasteiger partial charge in [-0.15, -0.1) is 0 Å². The molecule has 0 aliphatic carbocycles. The van der Waals surface area contributed by atoms with Crippen LogP contribution in [-0.2, 0) is 9.59 Å². The van der Waals surface area contributed by atoms with Gasteiger partial charge in [-0.05, 0) is 67.8 Å². The Morgan fingerprint density at radius 2 is 1.76 bits per heavy atom. The van der Waals surface area contributed by atoms with Gasteiger partial charge in [0.15, 0.2) is 5.71 Å². The highest BCUT2D eigenvalue weighted by Crippen LogP contribution is 2.36. The highest BCUT2D eigenvalue weighted by Gasteiger charge is 2.31. The monoisotopic (exact) mass is 499 g/mol. The van der Waals surface area contributed by atoms with E-state index in [-0.39, 0.29) is 22.7 Å². The molecular weight excluding hydrogens is 474 g/mol. The summed E-state index contributed by atoms with van der Waals surface area (Å²) in [6.07, 6.45) is 0. The summed E-state index contributed by atoms with van der Waals surface area (Å²) in [6.45, 7) is 5.12. The number of nitrogens with one attached hydrogen (secondary N) is 2. The number of carboxylic acids is 1. The van der Waals surface area contributed by atoms with Gasteiger partial charge in [0.05, 0.1) is 17.1 Å². The van der Waals surface area contributed by atoms with Crippen LogP contribution >= 0.6 is 0 Å². The highest BCUT2D eigenvalue weighted by molar-refractivity contribution is 6.71. The van der Waals surface area contributed by atoms with Crippen molar-refractivity contribution < 1.29 is 24.6 Å². The number of rotatable bonds is 7. The van der Waals surface area contributed by atoms with Gasteiger partial charge in [-0.3, -0.25) is 19.8 Å². The quantitative estimate of drug-likeness (QED) is 0.288. The first-order chi connectivity index (χ1) is 17.7. The number of aryl methyl sites for hydroxylation is 2. The third-order valence-electron chi connectivity index (χ3n) is 5.88. The lowest BCUT2D eigenvalue weighted by molar-refractivity contribution is -0.135. The van der Waals surface area contributed by atoms with E-state index < -0.39 is 24.3 Å². The molecule has 1 heterocycles. The van der Waals surface area contributed by atoms with E-state index in [1.807, 2.05) is 32.0 Å². The van der Waals surface area contributed by atoms with Crippen molar-refractivity contribution in [1.82, 2.24) is 5.32 Å². The van der Waals surface area contributed by atoms with Crippen molar-refractivity contribution in [3.05, 3.63) is 77.4 Å². The van der Waals surface area contributed by atoms with E-state index in [0.29, 0.717) is 22.5 Å². The molecule has 3 aromatic carbocycles. The number of phenols is 1. The molecule has 10 nitrogen and oxygen atoms in total. The molecule has 0 atom stereocenters. The third kappa shape index (κ3) is 5.32. The Hall–Kier alpha value is -4.99. The van der Waals surface area contributed by atoms with E-state index in [0.717, 1.165) is 11.1 Å². The summed E-state index contributed by atoms with van der Waals surface area (Å²) < 4.78 is 0. The fourth-order valence-corrected chi connectivity index (χ4v) is 3.73. The van der Waals surface area contributed by atoms with Crippen LogP contribution in [0.2, 0.25) is 0 Å². The number of hydrogen-bond donors (Lipinski definition) is 4. The van der Waals surface area contributed by atoms with Crippen molar-refractivity contribution in [3.8, 4) is 16.9 Å². The van der Waals surface area contributed by atoms with E-state index in [4.69, 9.17) is 5.11 Å². The third-order valence-corrected chi connectivity index (χ3v) is 5.88. The smallest absolute Gasteiger partial charge is 0.322 e. The first-order valence-electron chi connectivity index (χ1n) is 11.4. The molecule has 37 heavy (non-hydrogen) atoms. The van der Waals surface area contributed by atoms with Crippen LogP contribution in [0.4, 0.5) is 11.4 Å². The van der Waals surface area contributed by atoms with Crippen molar-refractivity contribution in [3.63, 3.8) is 0 Å². The minimum absolute atomic E-state index is 0.111. The zero-order chi connectivity index (χ0) is 26.7. The Labute approximate surface area is 212 Å². The Balaban J connectivity index is 1.56. The van der Waals surface area contributed by atoms with E-state index >= 15 is 0 Å². The predicted octanol–water partition coefficient (Wildman–Crippen LogP) is 3.68. The van der Waals surface area contributed by atoms with Crippen LogP contribution in [0.15, 0.2) is 70.9 Å². The van der Waals surface area contributed by atoms with Gasteiger partial charge in [-0.1, -0.05) is 30.3 Å². The lowest BCUT2D eigenvalue weighted by atomic mass is 10.0. The maximum Gasteiger partial charge on any atom is 0.322 e. The summed E-state index contributed by atoms with van der Waals surface area (Å²) in [4.78, 5) is 36.0. The molecular formula is C27H25N5O5. The molecule has 0 fully saturated rings. The van der Waals surface area contributed by atoms with E-state index in [1.54, 1.807) is 49.4 Å². The average molecular weight is 500 g/mol. The van der Waals surface area contributed by atoms with Crippen molar-refractivity contribution >= 4 is 40.6 Å². The molecule has 0 spiro atoms. The normalized spacial score (nSPS) is 14.0. The number of carbonyl (C=O) groups is 3. The number of carboxylic acid groups (broad SMARTS) is 1. The summed E-state index contributed by atoms with van der Waals surface area (Å²) in [7, 11) is 0. The largest absolute Gasteiger partial charge is 0.505 e. The number of benzene rings is 3. The Bertz CT molecular complexity index is 1480. The van der Waals surface area contributed by atoms with Crippen LogP contribution in [0, 0.1) is 13.8 Å². The van der Waals surface area contributed by atoms with Crippen molar-refractivity contribution in [2.45, 2.75) is 20.8 Å². The van der Waals surface area contributed by atoms with Gasteiger partial charge in [-0.2, -0.15) is 15.2 Å². The molecule has 0 unspecified atom stereocenters. The van der Waals surface area contributed by atoms with Gasteiger partial charge in [0, 0.05) is 11.1 Å². The van der Waals surface area contributed by atoms with E-state index in [1.165, 1.54) is 5.01 Å². The second-order valence-electron chi connectivity index (χ2n) is 8.50. The Kier molecular flexibility index (Phi) is 7.01. The summed E-state index contributed by atoms with van der Waals surface area (Å²) in [5.74, 6) is -2.24. The van der Waals surface area contributed by atoms with Crippen molar-refractivity contribution in [1.29, 1.82) is 0 Å². The van der Waals surface area contributed by atoms with Crippen LogP contribution in [0.5, 0.6) is 5.75 Å². The number of aromatic hydroxyl groups is 1. The Morgan fingerprint density at radius 1 is 1.00 bits per heavy atom. The number of carbonyl (C=O) groups excluding carboxylic acids is 2. The molecule has 3 aromatic rings. The second-order valence-corrected chi connectivity index (χ2v) is 8.50. The molecule has 4 rings (SSSR count). The first kappa shape index (κ1) is 25.1. The lowest BCUT2D eigenvalue weighted by Gasteiger charge is -2.13. The molecule has 0 aromatic heterocycles. The van der Waals surface area contributed by atoms with Crippen LogP contribution in [0.1, 0.15) is 28.4 Å². The van der Waals surface area contributed by atoms with Crippen molar-refractivity contribution in [2.75, 3.05) is 17.0 Å². The number of phenolic OH excluding ortho intramolecular Hbond substituents is 1. The molecule has 0 radical (unpaired) electrons. The summed E-state index contributed by atoms with van der Waals surface area (Å²) in [5, 5.41) is 31.8. The van der Waals surface area contributed by atoms with Gasteiger partial charge < -0.3 is 15.5 Å². The molecule has 2 amide bonds. The highest BCUT2D eigenvalue weighted by atomic mass is 16.4. The minimum atomic E-state index is -1.15. The SMILES string of the molecule is CC1=NN(c2ccc(C)c(C)c2)C(=O)C1=NNc1cccc(-c2cccc(C(=O)NCC(=O)O)c2)c1O. The lowest BCUT2D eigenvalue weighted by Crippen LogP contribution is -2.29. The number of aliphatic carboxylic acids is 1. The maximum absolute atomic E-state index is 13.0. The summed E-state index contributed by atoms with van der Waals surface area (Å²) in [6, 6.07) is 17.0. The predicted molar refractivity (Wildman–Crippen MR) is 141 cm³/mol. The van der Waals surface area contributed by atoms with E-state index in [9.17, 15) is 19.5 Å². The van der Waals surface area contributed by atoms with Gasteiger partial charge in [0.1, 0.15) is 12.3 Å². The van der Waals surface area contributed by atoms with Crippen molar-refractivity contribution in [2.24, 2.45) is 10.2 Å². The summed E-state index contributed by atoms with van der Waals surface area (Å²) in [5.41, 5.74) is 7.50. The Morgan fingerprint density at radius 3 is 2.49 bits per heavy atom. The maximum atomic E-state index is 13.0. The number of hydrazone groups is 2. The average Bonchev–Trinajstić information content (AvgIpc) is 3.16. The fourth-order valence-electron chi connectivity index (χ4n) is 3.73. The second kappa shape index (κ2) is 10.3. The first-order valence-corrected chi connectivity index (χ1v) is 11.4. The van der Waals surface area contributed by atoms with Gasteiger partial charge in [0.25, 0.3) is 5.91 Å². The number of para-hydroxylation sites is 1. The van der Waals surface area contributed by atoms with Gasteiger partial charge >= 0.3 is 11.9 Å². The number of nitrogens with zero attached hydrogens (tertiary/aromatic N) is 3. The molecule has 0 saturated heterocycles. The number of anilines is 2. The molecule has 1 aliphatic rings. The fraction of sp³-hybridized carbons (Fsp3) is 0.148. The number of amides is 2. The van der Waals surface area contributed by atoms with Crippen LogP contribution in [0.25, 0.3) is 11.1 Å². The molecule has 0 saturated carbocycles. The standard InChI is InChI=1S/C27H25N5O5/c1-15-10-11-20(12-16(15)2)32-27(37)24(17(3)31-32)30-29-22-9-5-8-21(25(22)35)18-6-4-7-19(13-18)26(36)28-14-23(33)34/h4-13,29,35H,14H2,1-3H3,(H,28,36)(H,33,34). The molecule has 0 bridgehead atoms. The topological polar surface area (TPSA) is 144 Å². The molecule has 4 N–H and O–H groups in total. The van der Waals surface area contributed by atoms with Gasteiger partial charge in [-0.25, -0.2) is 0 Å².